The normalized spacial score (nSPS) is 16.4. The summed E-state index contributed by atoms with van der Waals surface area (Å²) in [7, 11) is 0. The quantitative estimate of drug-likeness (QED) is 0.384. The predicted octanol–water partition coefficient (Wildman–Crippen LogP) is 5.64. The fraction of sp³-hybridized carbons (Fsp3) is 0.346. The molecule has 3 aromatic heterocycles. The highest BCUT2D eigenvalue weighted by Gasteiger charge is 2.29. The number of hydrogen-bond acceptors (Lipinski definition) is 6. The number of halogens is 1. The minimum atomic E-state index is -0.532. The molecule has 1 aromatic carbocycles. The molecule has 0 bridgehead atoms. The molecule has 1 aliphatic heterocycles. The second kappa shape index (κ2) is 9.50. The van der Waals surface area contributed by atoms with Crippen LogP contribution >= 0.6 is 11.8 Å². The molecule has 0 spiro atoms. The molecular formula is C26H29FN6O2S. The van der Waals surface area contributed by atoms with Crippen LogP contribution in [0.4, 0.5) is 14.9 Å². The molecule has 1 atom stereocenters. The number of benzene rings is 1. The van der Waals surface area contributed by atoms with E-state index in [9.17, 15) is 9.18 Å². The number of nitrogen functional groups attached to an aromatic ring is 1. The fourth-order valence-corrected chi connectivity index (χ4v) is 5.38. The van der Waals surface area contributed by atoms with Gasteiger partial charge in [-0.15, -0.1) is 0 Å². The smallest absolute Gasteiger partial charge is 0.410 e. The molecule has 188 valence electrons. The van der Waals surface area contributed by atoms with Gasteiger partial charge in [-0.2, -0.15) is 10.2 Å². The third kappa shape index (κ3) is 5.04. The maximum absolute atomic E-state index is 14.4. The van der Waals surface area contributed by atoms with Crippen LogP contribution in [-0.2, 0) is 4.74 Å². The van der Waals surface area contributed by atoms with E-state index in [2.05, 4.69) is 10.2 Å². The molecule has 0 aliphatic carbocycles. The Morgan fingerprint density at radius 3 is 2.72 bits per heavy atom. The zero-order valence-electron chi connectivity index (χ0n) is 20.5. The van der Waals surface area contributed by atoms with E-state index in [1.807, 2.05) is 43.9 Å². The van der Waals surface area contributed by atoms with Crippen molar-refractivity contribution in [2.24, 2.45) is 0 Å². The molecule has 1 fully saturated rings. The standard InChI is InChI=1S/C26H29FN6O2S/c1-26(2,3)35-25(34)31-10-6-7-19(16-31)32-15-18(12-29-32)17-11-23(24-21(28)13-30-33(24)14-17)36-22-9-5-4-8-20(22)27/h4-5,8-9,11-15,19H,6-7,10,16,28H2,1-3H3. The number of nitrogens with zero attached hydrogens (tertiary/aromatic N) is 5. The van der Waals surface area contributed by atoms with Crippen LogP contribution in [0.15, 0.2) is 64.9 Å². The number of hydrogen-bond donors (Lipinski definition) is 1. The Morgan fingerprint density at radius 1 is 1.14 bits per heavy atom. The first-order valence-electron chi connectivity index (χ1n) is 11.9. The van der Waals surface area contributed by atoms with E-state index in [1.54, 1.807) is 40.0 Å². The summed E-state index contributed by atoms with van der Waals surface area (Å²) in [4.78, 5) is 15.6. The zero-order chi connectivity index (χ0) is 25.4. The zero-order valence-corrected chi connectivity index (χ0v) is 21.3. The molecule has 1 unspecified atom stereocenters. The van der Waals surface area contributed by atoms with Gasteiger partial charge in [0.2, 0.25) is 0 Å². The van der Waals surface area contributed by atoms with Crippen LogP contribution in [0.5, 0.6) is 0 Å². The number of pyridine rings is 1. The van der Waals surface area contributed by atoms with Crippen LogP contribution in [-0.4, -0.2) is 49.1 Å². The molecule has 0 radical (unpaired) electrons. The lowest BCUT2D eigenvalue weighted by Gasteiger charge is -2.34. The molecule has 1 saturated heterocycles. The van der Waals surface area contributed by atoms with E-state index in [4.69, 9.17) is 10.5 Å². The van der Waals surface area contributed by atoms with Crippen molar-refractivity contribution in [2.75, 3.05) is 18.8 Å². The van der Waals surface area contributed by atoms with Gasteiger partial charge in [0.15, 0.2) is 0 Å². The number of carbonyl (C=O) groups excluding carboxylic acids is 1. The summed E-state index contributed by atoms with van der Waals surface area (Å²) in [5, 5.41) is 9.00. The van der Waals surface area contributed by atoms with Gasteiger partial charge >= 0.3 is 6.09 Å². The molecule has 0 saturated carbocycles. The number of piperidine rings is 1. The Balaban J connectivity index is 1.42. The van der Waals surface area contributed by atoms with E-state index in [-0.39, 0.29) is 18.0 Å². The number of rotatable bonds is 4. The summed E-state index contributed by atoms with van der Waals surface area (Å²) < 4.78 is 23.6. The van der Waals surface area contributed by atoms with Gasteiger partial charge in [-0.05, 0) is 51.8 Å². The number of amides is 1. The van der Waals surface area contributed by atoms with Gasteiger partial charge in [-0.25, -0.2) is 13.7 Å². The fourth-order valence-electron chi connectivity index (χ4n) is 4.34. The summed E-state index contributed by atoms with van der Waals surface area (Å²) >= 11 is 1.31. The van der Waals surface area contributed by atoms with Crippen molar-refractivity contribution in [2.45, 2.75) is 55.0 Å². The van der Waals surface area contributed by atoms with Crippen LogP contribution in [0.25, 0.3) is 16.6 Å². The summed E-state index contributed by atoms with van der Waals surface area (Å²) in [5.41, 5.74) is 8.70. The monoisotopic (exact) mass is 508 g/mol. The van der Waals surface area contributed by atoms with Crippen molar-refractivity contribution in [1.29, 1.82) is 0 Å². The first-order chi connectivity index (χ1) is 17.2. The Bertz CT molecular complexity index is 1410. The summed E-state index contributed by atoms with van der Waals surface area (Å²) in [6.07, 6.45) is 8.78. The van der Waals surface area contributed by atoms with Crippen molar-refractivity contribution < 1.29 is 13.9 Å². The third-order valence-corrected chi connectivity index (χ3v) is 7.10. The number of nitrogens with two attached hydrogens (primary N) is 1. The topological polar surface area (TPSA) is 90.7 Å². The van der Waals surface area contributed by atoms with E-state index in [1.165, 1.54) is 17.8 Å². The number of anilines is 1. The minimum absolute atomic E-state index is 0.0522. The van der Waals surface area contributed by atoms with Crippen molar-refractivity contribution >= 4 is 29.1 Å². The number of likely N-dealkylation sites (tertiary alicyclic amines) is 1. The van der Waals surface area contributed by atoms with E-state index >= 15 is 0 Å². The van der Waals surface area contributed by atoms with Crippen LogP contribution in [0.1, 0.15) is 39.7 Å². The lowest BCUT2D eigenvalue weighted by molar-refractivity contribution is 0.0167. The van der Waals surface area contributed by atoms with Crippen molar-refractivity contribution in [3.8, 4) is 11.1 Å². The summed E-state index contributed by atoms with van der Waals surface area (Å²) in [6.45, 7) is 6.82. The Kier molecular flexibility index (Phi) is 6.38. The molecule has 1 aliphatic rings. The molecule has 4 aromatic rings. The predicted molar refractivity (Wildman–Crippen MR) is 137 cm³/mol. The van der Waals surface area contributed by atoms with Gasteiger partial charge in [0.05, 0.1) is 24.1 Å². The molecular weight excluding hydrogens is 479 g/mol. The van der Waals surface area contributed by atoms with Crippen LogP contribution in [0.3, 0.4) is 0 Å². The van der Waals surface area contributed by atoms with E-state index < -0.39 is 5.60 Å². The molecule has 8 nitrogen and oxygen atoms in total. The molecule has 1 amide bonds. The number of carbonyl (C=O) groups is 1. The Hall–Kier alpha value is -3.53. The summed E-state index contributed by atoms with van der Waals surface area (Å²) in [5.74, 6) is -0.288. The third-order valence-electron chi connectivity index (χ3n) is 6.02. The molecule has 2 N–H and O–H groups in total. The Morgan fingerprint density at radius 2 is 1.94 bits per heavy atom. The highest BCUT2D eigenvalue weighted by molar-refractivity contribution is 7.99. The van der Waals surface area contributed by atoms with Crippen molar-refractivity contribution in [3.05, 3.63) is 60.9 Å². The van der Waals surface area contributed by atoms with Gasteiger partial charge < -0.3 is 15.4 Å². The average molecular weight is 509 g/mol. The second-order valence-corrected chi connectivity index (χ2v) is 11.0. The van der Waals surface area contributed by atoms with Gasteiger partial charge in [-0.1, -0.05) is 23.9 Å². The maximum Gasteiger partial charge on any atom is 0.410 e. The van der Waals surface area contributed by atoms with Gasteiger partial charge in [0.1, 0.15) is 16.9 Å². The van der Waals surface area contributed by atoms with Crippen LogP contribution in [0, 0.1) is 5.82 Å². The van der Waals surface area contributed by atoms with Crippen molar-refractivity contribution in [3.63, 3.8) is 0 Å². The SMILES string of the molecule is CC(C)(C)OC(=O)N1CCCC(n2cc(-c3cc(Sc4ccccc4F)c4c(N)cnn4c3)cn2)C1. The van der Waals surface area contributed by atoms with Gasteiger partial charge in [0, 0.05) is 46.4 Å². The van der Waals surface area contributed by atoms with E-state index in [0.717, 1.165) is 34.4 Å². The average Bonchev–Trinajstić information content (AvgIpc) is 3.47. The molecule has 36 heavy (non-hydrogen) atoms. The first kappa shape index (κ1) is 24.2. The highest BCUT2D eigenvalue weighted by Crippen LogP contribution is 2.37. The van der Waals surface area contributed by atoms with Crippen LogP contribution in [0.2, 0.25) is 0 Å². The lowest BCUT2D eigenvalue weighted by Crippen LogP contribution is -2.43. The number of ether oxygens (including phenoxy) is 1. The van der Waals surface area contributed by atoms with Crippen LogP contribution < -0.4 is 5.73 Å². The Labute approximate surface area is 213 Å². The molecule has 4 heterocycles. The summed E-state index contributed by atoms with van der Waals surface area (Å²) in [6, 6.07) is 8.70. The first-order valence-corrected chi connectivity index (χ1v) is 12.7. The lowest BCUT2D eigenvalue weighted by atomic mass is 10.1. The highest BCUT2D eigenvalue weighted by atomic mass is 32.2. The van der Waals surface area contributed by atoms with Gasteiger partial charge in [0.25, 0.3) is 0 Å². The molecule has 10 heteroatoms. The largest absolute Gasteiger partial charge is 0.444 e. The second-order valence-electron chi connectivity index (χ2n) is 9.95. The van der Waals surface area contributed by atoms with Gasteiger partial charge in [-0.3, -0.25) is 4.68 Å². The number of aromatic nitrogens is 4. The van der Waals surface area contributed by atoms with Crippen molar-refractivity contribution in [1.82, 2.24) is 24.3 Å². The number of fused-ring (bicyclic) bond motifs is 1. The molecule has 5 rings (SSSR count). The van der Waals surface area contributed by atoms with E-state index in [0.29, 0.717) is 23.7 Å². The maximum atomic E-state index is 14.4. The minimum Gasteiger partial charge on any atom is -0.444 e.